The summed E-state index contributed by atoms with van der Waals surface area (Å²) in [6, 6.07) is 7.71. The van der Waals surface area contributed by atoms with Crippen molar-refractivity contribution in [2.45, 2.75) is 57.7 Å². The molecule has 0 spiro atoms. The van der Waals surface area contributed by atoms with Gasteiger partial charge in [-0.15, -0.1) is 0 Å². The van der Waals surface area contributed by atoms with Crippen LogP contribution in [0, 0.1) is 5.92 Å². The molecule has 1 aliphatic carbocycles. The summed E-state index contributed by atoms with van der Waals surface area (Å²) in [7, 11) is 3.51. The smallest absolute Gasteiger partial charge is 0.193 e. The summed E-state index contributed by atoms with van der Waals surface area (Å²) in [6.45, 7) is 5.68. The minimum atomic E-state index is 0.0196. The van der Waals surface area contributed by atoms with Gasteiger partial charge in [0.05, 0.1) is 19.8 Å². The zero-order valence-electron chi connectivity index (χ0n) is 18.2. The molecule has 1 aromatic carbocycles. The summed E-state index contributed by atoms with van der Waals surface area (Å²) in [5.41, 5.74) is 0. The maximum atomic E-state index is 6.19. The Bertz CT molecular complexity index is 638. The van der Waals surface area contributed by atoms with Gasteiger partial charge in [0.2, 0.25) is 0 Å². The van der Waals surface area contributed by atoms with Crippen LogP contribution in [0.25, 0.3) is 0 Å². The second-order valence-corrected chi connectivity index (χ2v) is 8.21. The van der Waals surface area contributed by atoms with Crippen molar-refractivity contribution in [2.75, 3.05) is 40.4 Å². The van der Waals surface area contributed by atoms with Gasteiger partial charge in [-0.25, -0.2) is 0 Å². The van der Waals surface area contributed by atoms with Crippen molar-refractivity contribution in [2.24, 2.45) is 10.9 Å². The Morgan fingerprint density at radius 1 is 1.17 bits per heavy atom. The van der Waals surface area contributed by atoms with Crippen molar-refractivity contribution in [3.63, 3.8) is 0 Å². The number of methoxy groups -OCH3 is 1. The zero-order valence-corrected chi connectivity index (χ0v) is 18.2. The number of likely N-dealkylation sites (tertiary alicyclic amines) is 1. The molecular formula is C23H37N3O3. The Hall–Kier alpha value is -1.95. The molecule has 1 heterocycles. The van der Waals surface area contributed by atoms with Gasteiger partial charge in [0.15, 0.2) is 5.96 Å². The molecule has 1 atom stereocenters. The summed E-state index contributed by atoms with van der Waals surface area (Å²) < 4.78 is 17.5. The molecule has 6 heteroatoms. The molecule has 1 aliphatic heterocycles. The van der Waals surface area contributed by atoms with E-state index in [4.69, 9.17) is 14.2 Å². The Morgan fingerprint density at radius 3 is 2.59 bits per heavy atom. The van der Waals surface area contributed by atoms with Crippen molar-refractivity contribution in [3.05, 3.63) is 24.3 Å². The van der Waals surface area contributed by atoms with Crippen molar-refractivity contribution in [1.29, 1.82) is 0 Å². The van der Waals surface area contributed by atoms with Crippen LogP contribution in [0.3, 0.4) is 0 Å². The molecule has 1 aromatic rings. The van der Waals surface area contributed by atoms with Crippen LogP contribution in [0.2, 0.25) is 0 Å². The first-order chi connectivity index (χ1) is 14.2. The van der Waals surface area contributed by atoms with Crippen molar-refractivity contribution in [1.82, 2.24) is 10.2 Å². The number of aliphatic imine (C=N–C) groups is 1. The summed E-state index contributed by atoms with van der Waals surface area (Å²) in [6.07, 6.45) is 8.04. The monoisotopic (exact) mass is 403 g/mol. The van der Waals surface area contributed by atoms with E-state index in [1.165, 1.54) is 25.7 Å². The van der Waals surface area contributed by atoms with Crippen molar-refractivity contribution in [3.8, 4) is 11.5 Å². The number of nitrogens with zero attached hydrogens (tertiary/aromatic N) is 2. The summed E-state index contributed by atoms with van der Waals surface area (Å²) in [5, 5.41) is 3.46. The van der Waals surface area contributed by atoms with E-state index in [9.17, 15) is 0 Å². The van der Waals surface area contributed by atoms with E-state index in [0.29, 0.717) is 12.6 Å². The van der Waals surface area contributed by atoms with Crippen LogP contribution in [0.4, 0.5) is 0 Å². The van der Waals surface area contributed by atoms with Crippen LogP contribution in [-0.2, 0) is 4.74 Å². The second-order valence-electron chi connectivity index (χ2n) is 8.21. The number of nitrogens with one attached hydrogen (secondary N) is 1. The first kappa shape index (κ1) is 21.8. The number of benzene rings is 1. The third kappa shape index (κ3) is 6.81. The third-order valence-corrected chi connectivity index (χ3v) is 5.92. The highest BCUT2D eigenvalue weighted by molar-refractivity contribution is 5.80. The van der Waals surface area contributed by atoms with E-state index in [1.807, 2.05) is 31.3 Å². The Kier molecular flexibility index (Phi) is 8.47. The SMILES string of the molecule is CN=C(NCC(C)Oc1cccc(OC)c1)N1CCC(OCC2CCCC2)CC1. The predicted octanol–water partition coefficient (Wildman–Crippen LogP) is 3.71. The van der Waals surface area contributed by atoms with Gasteiger partial charge in [0.25, 0.3) is 0 Å². The minimum absolute atomic E-state index is 0.0196. The van der Waals surface area contributed by atoms with Crippen LogP contribution in [-0.4, -0.2) is 63.5 Å². The van der Waals surface area contributed by atoms with E-state index in [2.05, 4.69) is 22.1 Å². The summed E-state index contributed by atoms with van der Waals surface area (Å²) >= 11 is 0. The molecule has 29 heavy (non-hydrogen) atoms. The molecule has 0 amide bonds. The number of rotatable bonds is 8. The third-order valence-electron chi connectivity index (χ3n) is 5.92. The quantitative estimate of drug-likeness (QED) is 0.530. The van der Waals surface area contributed by atoms with Gasteiger partial charge >= 0.3 is 0 Å². The molecule has 1 unspecified atom stereocenters. The molecule has 1 saturated carbocycles. The van der Waals surface area contributed by atoms with Gasteiger partial charge in [0, 0.05) is 32.8 Å². The fourth-order valence-electron chi connectivity index (χ4n) is 4.20. The van der Waals surface area contributed by atoms with E-state index < -0.39 is 0 Å². The number of guanidine groups is 1. The van der Waals surface area contributed by atoms with E-state index >= 15 is 0 Å². The van der Waals surface area contributed by atoms with Crippen LogP contribution in [0.15, 0.2) is 29.3 Å². The van der Waals surface area contributed by atoms with Crippen LogP contribution >= 0.6 is 0 Å². The lowest BCUT2D eigenvalue weighted by molar-refractivity contribution is 0.000961. The second kappa shape index (κ2) is 11.3. The highest BCUT2D eigenvalue weighted by atomic mass is 16.5. The molecule has 0 radical (unpaired) electrons. The van der Waals surface area contributed by atoms with Gasteiger partial charge in [-0.3, -0.25) is 4.99 Å². The molecule has 2 aliphatic rings. The number of hydrogen-bond acceptors (Lipinski definition) is 4. The number of hydrogen-bond donors (Lipinski definition) is 1. The average Bonchev–Trinajstić information content (AvgIpc) is 3.27. The molecule has 1 N–H and O–H groups in total. The lowest BCUT2D eigenvalue weighted by atomic mass is 10.1. The fraction of sp³-hybridized carbons (Fsp3) is 0.696. The first-order valence-corrected chi connectivity index (χ1v) is 11.1. The van der Waals surface area contributed by atoms with Crippen LogP contribution < -0.4 is 14.8 Å². The first-order valence-electron chi connectivity index (χ1n) is 11.1. The molecule has 0 aromatic heterocycles. The maximum Gasteiger partial charge on any atom is 0.193 e. The highest BCUT2D eigenvalue weighted by Gasteiger charge is 2.24. The standard InChI is InChI=1S/C23H37N3O3/c1-18(29-22-10-6-9-21(15-22)27-3)16-25-23(24-2)26-13-11-20(12-14-26)28-17-19-7-4-5-8-19/h6,9-10,15,18-20H,4-5,7-8,11-14,16-17H2,1-3H3,(H,24,25). The Morgan fingerprint density at radius 2 is 1.90 bits per heavy atom. The predicted molar refractivity (Wildman–Crippen MR) is 117 cm³/mol. The van der Waals surface area contributed by atoms with Gasteiger partial charge in [-0.05, 0) is 50.7 Å². The Balaban J connectivity index is 1.37. The topological polar surface area (TPSA) is 55.3 Å². The lowest BCUT2D eigenvalue weighted by Gasteiger charge is -2.34. The van der Waals surface area contributed by atoms with E-state index in [1.54, 1.807) is 7.11 Å². The molecule has 6 nitrogen and oxygen atoms in total. The molecule has 3 rings (SSSR count). The fourth-order valence-corrected chi connectivity index (χ4v) is 4.20. The highest BCUT2D eigenvalue weighted by Crippen LogP contribution is 2.26. The molecule has 0 bridgehead atoms. The minimum Gasteiger partial charge on any atom is -0.497 e. The maximum absolute atomic E-state index is 6.19. The van der Waals surface area contributed by atoms with Crippen molar-refractivity contribution >= 4 is 5.96 Å². The van der Waals surface area contributed by atoms with Gasteiger partial charge in [-0.2, -0.15) is 0 Å². The van der Waals surface area contributed by atoms with Crippen LogP contribution in [0.5, 0.6) is 11.5 Å². The van der Waals surface area contributed by atoms with Crippen LogP contribution in [0.1, 0.15) is 45.4 Å². The van der Waals surface area contributed by atoms with Crippen molar-refractivity contribution < 1.29 is 14.2 Å². The largest absolute Gasteiger partial charge is 0.497 e. The molecule has 2 fully saturated rings. The summed E-state index contributed by atoms with van der Waals surface area (Å²) in [5.74, 6) is 3.36. The van der Waals surface area contributed by atoms with Gasteiger partial charge in [-0.1, -0.05) is 18.9 Å². The van der Waals surface area contributed by atoms with Gasteiger partial charge in [0.1, 0.15) is 17.6 Å². The van der Waals surface area contributed by atoms with E-state index in [-0.39, 0.29) is 6.10 Å². The Labute approximate surface area is 175 Å². The summed E-state index contributed by atoms with van der Waals surface area (Å²) in [4.78, 5) is 6.79. The van der Waals surface area contributed by atoms with Gasteiger partial charge < -0.3 is 24.4 Å². The average molecular weight is 404 g/mol. The zero-order chi connectivity index (χ0) is 20.5. The number of piperidine rings is 1. The molecular weight excluding hydrogens is 366 g/mol. The number of ether oxygens (including phenoxy) is 3. The normalized spacial score (nSPS) is 20.0. The molecule has 1 saturated heterocycles. The molecule has 162 valence electrons. The lowest BCUT2D eigenvalue weighted by Crippen LogP contribution is -2.48. The van der Waals surface area contributed by atoms with E-state index in [0.717, 1.165) is 55.9 Å².